The third kappa shape index (κ3) is 2.31. The summed E-state index contributed by atoms with van der Waals surface area (Å²) in [5, 5.41) is 14.7. The zero-order valence-corrected chi connectivity index (χ0v) is 10.3. The van der Waals surface area contributed by atoms with Crippen LogP contribution in [0.15, 0.2) is 35.5 Å². The molecular weight excluding hydrogens is 256 g/mol. The minimum atomic E-state index is -1.08. The molecular formula is C12H11ClN2O3. The lowest BCUT2D eigenvalue weighted by atomic mass is 9.96. The maximum absolute atomic E-state index is 11.4. The van der Waals surface area contributed by atoms with E-state index in [0.717, 1.165) is 0 Å². The highest BCUT2D eigenvalue weighted by molar-refractivity contribution is 6.30. The molecule has 1 heterocycles. The monoisotopic (exact) mass is 266 g/mol. The number of carboxylic acids is 1. The van der Waals surface area contributed by atoms with E-state index >= 15 is 0 Å². The minimum Gasteiger partial charge on any atom is -0.478 e. The van der Waals surface area contributed by atoms with Gasteiger partial charge in [-0.05, 0) is 24.6 Å². The van der Waals surface area contributed by atoms with Crippen LogP contribution in [0.25, 0.3) is 0 Å². The number of hydrogen-bond acceptors (Lipinski definition) is 2. The maximum atomic E-state index is 11.4. The van der Waals surface area contributed by atoms with Crippen LogP contribution in [0.4, 0.5) is 4.79 Å². The number of nitrogens with one attached hydrogen (secondary N) is 2. The summed E-state index contributed by atoms with van der Waals surface area (Å²) in [5.74, 6) is -1.08. The summed E-state index contributed by atoms with van der Waals surface area (Å²) < 4.78 is 0. The van der Waals surface area contributed by atoms with Crippen molar-refractivity contribution in [2.24, 2.45) is 0 Å². The predicted octanol–water partition coefficient (Wildman–Crippen LogP) is 2.05. The molecule has 0 fully saturated rings. The molecule has 0 radical (unpaired) electrons. The molecule has 0 saturated carbocycles. The Morgan fingerprint density at radius 3 is 2.78 bits per heavy atom. The van der Waals surface area contributed by atoms with E-state index in [2.05, 4.69) is 10.6 Å². The Kier molecular flexibility index (Phi) is 3.25. The van der Waals surface area contributed by atoms with E-state index in [1.807, 2.05) is 0 Å². The third-order valence-corrected chi connectivity index (χ3v) is 2.92. The molecule has 5 nitrogen and oxygen atoms in total. The van der Waals surface area contributed by atoms with Crippen LogP contribution in [-0.4, -0.2) is 17.1 Å². The molecule has 18 heavy (non-hydrogen) atoms. The molecule has 1 aromatic rings. The normalized spacial score (nSPS) is 19.2. The van der Waals surface area contributed by atoms with Crippen molar-refractivity contribution in [3.05, 3.63) is 46.1 Å². The zero-order chi connectivity index (χ0) is 13.3. The molecule has 0 aromatic heterocycles. The van der Waals surface area contributed by atoms with Gasteiger partial charge in [-0.25, -0.2) is 9.59 Å². The van der Waals surface area contributed by atoms with E-state index in [-0.39, 0.29) is 5.57 Å². The van der Waals surface area contributed by atoms with Crippen LogP contribution in [0.1, 0.15) is 18.5 Å². The first-order chi connectivity index (χ1) is 8.49. The molecule has 2 rings (SSSR count). The lowest BCUT2D eigenvalue weighted by Gasteiger charge is -2.27. The van der Waals surface area contributed by atoms with Crippen molar-refractivity contribution in [2.45, 2.75) is 13.0 Å². The number of urea groups is 1. The summed E-state index contributed by atoms with van der Waals surface area (Å²) in [5.41, 5.74) is 1.07. The van der Waals surface area contributed by atoms with Crippen LogP contribution >= 0.6 is 11.6 Å². The van der Waals surface area contributed by atoms with Crippen molar-refractivity contribution in [3.8, 4) is 0 Å². The third-order valence-electron chi connectivity index (χ3n) is 2.68. The Bertz CT molecular complexity index is 554. The van der Waals surface area contributed by atoms with Crippen molar-refractivity contribution < 1.29 is 14.7 Å². The second kappa shape index (κ2) is 4.70. The van der Waals surface area contributed by atoms with E-state index in [0.29, 0.717) is 16.3 Å². The maximum Gasteiger partial charge on any atom is 0.335 e. The quantitative estimate of drug-likeness (QED) is 0.767. The first kappa shape index (κ1) is 12.4. The van der Waals surface area contributed by atoms with Crippen LogP contribution < -0.4 is 10.6 Å². The summed E-state index contributed by atoms with van der Waals surface area (Å²) in [7, 11) is 0. The minimum absolute atomic E-state index is 0.108. The van der Waals surface area contributed by atoms with E-state index in [1.54, 1.807) is 31.2 Å². The van der Waals surface area contributed by atoms with Crippen molar-refractivity contribution in [2.75, 3.05) is 0 Å². The summed E-state index contributed by atoms with van der Waals surface area (Å²) >= 11 is 5.87. The number of halogens is 1. The van der Waals surface area contributed by atoms with Crippen LogP contribution in [-0.2, 0) is 4.79 Å². The van der Waals surface area contributed by atoms with Gasteiger partial charge in [0.1, 0.15) is 0 Å². The summed E-state index contributed by atoms with van der Waals surface area (Å²) in [4.78, 5) is 22.7. The summed E-state index contributed by atoms with van der Waals surface area (Å²) in [6.07, 6.45) is 0. The van der Waals surface area contributed by atoms with Crippen molar-refractivity contribution in [1.82, 2.24) is 10.6 Å². The zero-order valence-electron chi connectivity index (χ0n) is 9.53. The number of aliphatic carboxylic acids is 1. The number of hydrogen-bond donors (Lipinski definition) is 3. The van der Waals surface area contributed by atoms with Gasteiger partial charge in [-0.3, -0.25) is 0 Å². The smallest absolute Gasteiger partial charge is 0.335 e. The van der Waals surface area contributed by atoms with Gasteiger partial charge in [-0.1, -0.05) is 23.7 Å². The van der Waals surface area contributed by atoms with E-state index in [9.17, 15) is 14.7 Å². The number of carbonyl (C=O) groups is 2. The molecule has 0 spiro atoms. The Morgan fingerprint density at radius 1 is 1.44 bits per heavy atom. The molecule has 0 bridgehead atoms. The average molecular weight is 267 g/mol. The fourth-order valence-electron chi connectivity index (χ4n) is 1.91. The lowest BCUT2D eigenvalue weighted by Crippen LogP contribution is -2.45. The number of benzene rings is 1. The van der Waals surface area contributed by atoms with Gasteiger partial charge in [0.25, 0.3) is 0 Å². The number of allylic oxidation sites excluding steroid dienone is 1. The van der Waals surface area contributed by atoms with E-state index < -0.39 is 18.0 Å². The fraction of sp³-hybridized carbons (Fsp3) is 0.167. The second-order valence-electron chi connectivity index (χ2n) is 3.93. The first-order valence-corrected chi connectivity index (χ1v) is 5.64. The largest absolute Gasteiger partial charge is 0.478 e. The fourth-order valence-corrected chi connectivity index (χ4v) is 2.11. The SMILES string of the molecule is CC1=C(C(=O)O)[C@H](c2cccc(Cl)c2)NC(=O)N1. The summed E-state index contributed by atoms with van der Waals surface area (Å²) in [6.45, 7) is 1.56. The molecule has 2 amide bonds. The topological polar surface area (TPSA) is 78.4 Å². The molecule has 1 atom stereocenters. The van der Waals surface area contributed by atoms with E-state index in [4.69, 9.17) is 11.6 Å². The average Bonchev–Trinajstić information content (AvgIpc) is 2.27. The van der Waals surface area contributed by atoms with Crippen LogP contribution in [0.2, 0.25) is 5.02 Å². The standard InChI is InChI=1S/C12H11ClN2O3/c1-6-9(11(16)17)10(15-12(18)14-6)7-3-2-4-8(13)5-7/h2-5,10H,1H3,(H,16,17)(H2,14,15,18)/t10-/m0/s1. The lowest BCUT2D eigenvalue weighted by molar-refractivity contribution is -0.133. The van der Waals surface area contributed by atoms with Crippen molar-refractivity contribution in [3.63, 3.8) is 0 Å². The Labute approximate surface area is 108 Å². The van der Waals surface area contributed by atoms with Gasteiger partial charge in [0.2, 0.25) is 0 Å². The van der Waals surface area contributed by atoms with Crippen LogP contribution in [0.5, 0.6) is 0 Å². The molecule has 6 heteroatoms. The Balaban J connectivity index is 2.50. The molecule has 1 aliphatic heterocycles. The highest BCUT2D eigenvalue weighted by Crippen LogP contribution is 2.28. The van der Waals surface area contributed by atoms with Gasteiger partial charge in [0, 0.05) is 10.7 Å². The van der Waals surface area contributed by atoms with Crippen LogP contribution in [0.3, 0.4) is 0 Å². The van der Waals surface area contributed by atoms with Crippen molar-refractivity contribution >= 4 is 23.6 Å². The molecule has 0 unspecified atom stereocenters. The molecule has 94 valence electrons. The Morgan fingerprint density at radius 2 is 2.17 bits per heavy atom. The van der Waals surface area contributed by atoms with Gasteiger partial charge in [0.15, 0.2) is 0 Å². The molecule has 3 N–H and O–H groups in total. The Hall–Kier alpha value is -2.01. The predicted molar refractivity (Wildman–Crippen MR) is 66.2 cm³/mol. The molecule has 0 saturated heterocycles. The van der Waals surface area contributed by atoms with Gasteiger partial charge < -0.3 is 15.7 Å². The number of rotatable bonds is 2. The first-order valence-electron chi connectivity index (χ1n) is 5.26. The van der Waals surface area contributed by atoms with Gasteiger partial charge in [0.05, 0.1) is 11.6 Å². The van der Waals surface area contributed by atoms with Crippen molar-refractivity contribution in [1.29, 1.82) is 0 Å². The molecule has 1 aromatic carbocycles. The van der Waals surface area contributed by atoms with E-state index in [1.165, 1.54) is 0 Å². The summed E-state index contributed by atoms with van der Waals surface area (Å²) in [6, 6.07) is 5.62. The van der Waals surface area contributed by atoms with Crippen LogP contribution in [0, 0.1) is 0 Å². The highest BCUT2D eigenvalue weighted by atomic mass is 35.5. The second-order valence-corrected chi connectivity index (χ2v) is 4.37. The number of carboxylic acid groups (broad SMARTS) is 1. The van der Waals surface area contributed by atoms with Gasteiger partial charge in [-0.15, -0.1) is 0 Å². The molecule has 0 aliphatic carbocycles. The number of carbonyl (C=O) groups excluding carboxylic acids is 1. The highest BCUT2D eigenvalue weighted by Gasteiger charge is 2.30. The molecule has 1 aliphatic rings. The van der Waals surface area contributed by atoms with Gasteiger partial charge in [-0.2, -0.15) is 0 Å². The van der Waals surface area contributed by atoms with Gasteiger partial charge >= 0.3 is 12.0 Å². The number of amides is 2.